The number of rotatable bonds is 11. The number of urea groups is 1. The average molecular weight is 841 g/mol. The molecule has 2 fully saturated rings. The largest absolute Gasteiger partial charge is 0.494 e. The lowest BCUT2D eigenvalue weighted by Crippen LogP contribution is -2.54. The van der Waals surface area contributed by atoms with Crippen molar-refractivity contribution in [3.05, 3.63) is 106 Å². The Labute approximate surface area is 343 Å². The molecular weight excluding hydrogens is 808 g/mol. The van der Waals surface area contributed by atoms with E-state index >= 15 is 0 Å². The number of fused-ring (bicyclic) bond motifs is 1. The van der Waals surface area contributed by atoms with Gasteiger partial charge in [0.1, 0.15) is 40.9 Å². The fourth-order valence-electron chi connectivity index (χ4n) is 6.85. The molecule has 312 valence electrons. The van der Waals surface area contributed by atoms with Crippen LogP contribution in [0.5, 0.6) is 5.75 Å². The van der Waals surface area contributed by atoms with Gasteiger partial charge in [-0.25, -0.2) is 14.2 Å². The maximum Gasteiger partial charge on any atom is 0.416 e. The van der Waals surface area contributed by atoms with Crippen molar-refractivity contribution >= 4 is 52.9 Å². The first-order chi connectivity index (χ1) is 29.1. The van der Waals surface area contributed by atoms with Crippen molar-refractivity contribution in [3.63, 3.8) is 0 Å². The molecule has 61 heavy (non-hydrogen) atoms. The summed E-state index contributed by atoms with van der Waals surface area (Å²) in [5.41, 5.74) is -0.614. The zero-order valence-corrected chi connectivity index (χ0v) is 31.9. The number of piperidine rings is 1. The van der Waals surface area contributed by atoms with Crippen molar-refractivity contribution in [2.45, 2.75) is 50.9 Å². The smallest absolute Gasteiger partial charge is 0.416 e. The van der Waals surface area contributed by atoms with Gasteiger partial charge in [-0.3, -0.25) is 48.8 Å². The number of nitrogens with one attached hydrogen (secondary N) is 2. The van der Waals surface area contributed by atoms with Crippen LogP contribution in [0.3, 0.4) is 0 Å². The minimum Gasteiger partial charge on any atom is -0.494 e. The second-order valence-corrected chi connectivity index (χ2v) is 14.0. The van der Waals surface area contributed by atoms with Gasteiger partial charge < -0.3 is 10.1 Å². The van der Waals surface area contributed by atoms with Gasteiger partial charge in [0.2, 0.25) is 11.8 Å². The summed E-state index contributed by atoms with van der Waals surface area (Å²) < 4.78 is 60.4. The van der Waals surface area contributed by atoms with Crippen LogP contribution >= 0.6 is 0 Å². The van der Waals surface area contributed by atoms with Gasteiger partial charge in [-0.1, -0.05) is 5.92 Å². The summed E-state index contributed by atoms with van der Waals surface area (Å²) in [6, 6.07) is 10.1. The number of imide groups is 2. The minimum absolute atomic E-state index is 0.00518. The van der Waals surface area contributed by atoms with Crippen molar-refractivity contribution < 1.29 is 55.9 Å². The zero-order chi connectivity index (χ0) is 43.6. The first kappa shape index (κ1) is 41.6. The number of anilines is 2. The first-order valence-electron chi connectivity index (χ1n) is 18.6. The molecule has 3 aliphatic heterocycles. The van der Waals surface area contributed by atoms with Gasteiger partial charge >= 0.3 is 12.2 Å². The number of aryl methyl sites for hydroxylation is 1. The second-order valence-electron chi connectivity index (χ2n) is 14.0. The molecule has 3 aliphatic rings. The molecule has 2 atom stereocenters. The third-order valence-electron chi connectivity index (χ3n) is 9.81. The Balaban J connectivity index is 0.960. The molecular formula is C41H32F4N8O8. The number of benzene rings is 2. The van der Waals surface area contributed by atoms with E-state index in [0.717, 1.165) is 32.9 Å². The van der Waals surface area contributed by atoms with Gasteiger partial charge in [0, 0.05) is 30.8 Å². The lowest BCUT2D eigenvalue weighted by Gasteiger charge is -2.28. The number of amides is 7. The number of nitrogens with zero attached hydrogens (tertiary/aromatic N) is 6. The predicted octanol–water partition coefficient (Wildman–Crippen LogP) is 3.76. The molecule has 0 aliphatic carbocycles. The molecule has 0 radical (unpaired) electrons. The number of Topliss-reactive ketones (excluding diaryl/α,β-unsaturated/α-hetero) is 1. The lowest BCUT2D eigenvalue weighted by atomic mass is 10.0. The second kappa shape index (κ2) is 17.0. The molecule has 0 spiro atoms. The molecule has 7 amide bonds. The fourth-order valence-corrected chi connectivity index (χ4v) is 6.85. The Hall–Kier alpha value is -7.56. The van der Waals surface area contributed by atoms with Crippen LogP contribution in [0.2, 0.25) is 0 Å². The van der Waals surface area contributed by atoms with E-state index in [1.807, 2.05) is 0 Å². The van der Waals surface area contributed by atoms with Gasteiger partial charge in [0.25, 0.3) is 17.7 Å². The number of hydrogen-bond donors (Lipinski definition) is 2. The molecule has 0 bridgehead atoms. The molecule has 1 unspecified atom stereocenters. The molecule has 20 heteroatoms. The molecule has 4 aromatic rings. The summed E-state index contributed by atoms with van der Waals surface area (Å²) in [4.78, 5) is 96.4. The van der Waals surface area contributed by atoms with E-state index < -0.39 is 65.2 Å². The number of aromatic nitrogens is 3. The molecule has 2 saturated heterocycles. The van der Waals surface area contributed by atoms with E-state index in [-0.39, 0.29) is 96.6 Å². The summed E-state index contributed by atoms with van der Waals surface area (Å²) in [6.07, 6.45) is -4.48. The topological polar surface area (TPSA) is 201 Å². The zero-order valence-electron chi connectivity index (χ0n) is 31.9. The van der Waals surface area contributed by atoms with E-state index in [4.69, 9.17) is 4.74 Å². The number of carbonyl (C=O) groups excluding carboxylic acids is 7. The molecule has 2 N–H and O–H groups in total. The standard InChI is InChI=1S/C41H32F4N8O8/c1-22-18-23(41(43,44)45)19-34(47-22)52-32(21-46-40(52)60)39(59)51(26-9-6-24(42)7-10-26)16-2-4-25-8-13-30(50-49-25)33(54)5-3-17-61-27-11-12-28-29(20-27)38(58)53(37(28)57)31-14-15-35(55)48-36(31)56/h6-13,18-20,31-32H,3,5,14-17,21H2,1H3,(H,46,60)(H,48,55,56)/t31?,32-/m0/s1. The number of pyridine rings is 1. The summed E-state index contributed by atoms with van der Waals surface area (Å²) in [7, 11) is 0. The Bertz CT molecular complexity index is 2540. The van der Waals surface area contributed by atoms with Crippen LogP contribution in [-0.4, -0.2) is 93.2 Å². The third-order valence-corrected chi connectivity index (χ3v) is 9.81. The Kier molecular flexibility index (Phi) is 11.6. The van der Waals surface area contributed by atoms with Crippen LogP contribution in [-0.2, 0) is 20.6 Å². The number of ketones is 1. The number of ether oxygens (including phenoxy) is 1. The lowest BCUT2D eigenvalue weighted by molar-refractivity contribution is -0.138. The molecule has 0 saturated carbocycles. The Morgan fingerprint density at radius 1 is 0.934 bits per heavy atom. The van der Waals surface area contributed by atoms with Gasteiger partial charge in [-0.05, 0) is 92.4 Å². The Morgan fingerprint density at radius 2 is 1.69 bits per heavy atom. The molecule has 7 rings (SSSR count). The fraction of sp³-hybridized carbons (Fsp3) is 0.268. The minimum atomic E-state index is -4.74. The highest BCUT2D eigenvalue weighted by atomic mass is 19.4. The van der Waals surface area contributed by atoms with Crippen molar-refractivity contribution in [1.29, 1.82) is 0 Å². The van der Waals surface area contributed by atoms with Crippen LogP contribution in [0.1, 0.15) is 73.8 Å². The highest BCUT2D eigenvalue weighted by Crippen LogP contribution is 2.34. The number of alkyl halides is 3. The maximum atomic E-state index is 14.0. The number of hydrogen-bond acceptors (Lipinski definition) is 11. The van der Waals surface area contributed by atoms with E-state index in [2.05, 4.69) is 37.7 Å². The normalized spacial score (nSPS) is 17.4. The monoisotopic (exact) mass is 840 g/mol. The summed E-state index contributed by atoms with van der Waals surface area (Å²) >= 11 is 0. The summed E-state index contributed by atoms with van der Waals surface area (Å²) in [5.74, 6) is 1.12. The first-order valence-corrected chi connectivity index (χ1v) is 18.6. The molecule has 2 aromatic heterocycles. The SMILES string of the molecule is Cc1cc(C(F)(F)F)cc(N2C(=O)NC[C@H]2C(=O)N(CC#Cc2ccc(C(=O)CCCOc3ccc4c(c3)C(=O)N(C3CCC(=O)NC3=O)C4=O)nn2)c2ccc(F)cc2)n1. The molecule has 16 nitrogen and oxygen atoms in total. The van der Waals surface area contributed by atoms with Crippen LogP contribution < -0.4 is 25.2 Å². The van der Waals surface area contributed by atoms with Gasteiger partial charge in [-0.15, -0.1) is 10.2 Å². The van der Waals surface area contributed by atoms with Crippen molar-refractivity contribution in [2.24, 2.45) is 0 Å². The van der Waals surface area contributed by atoms with Gasteiger partial charge in [0.15, 0.2) is 5.78 Å². The predicted molar refractivity (Wildman–Crippen MR) is 203 cm³/mol. The highest BCUT2D eigenvalue weighted by molar-refractivity contribution is 6.23. The van der Waals surface area contributed by atoms with Crippen molar-refractivity contribution in [3.8, 4) is 17.6 Å². The maximum absolute atomic E-state index is 14.0. The van der Waals surface area contributed by atoms with E-state index in [1.54, 1.807) is 0 Å². The molecule has 2 aromatic carbocycles. The summed E-state index contributed by atoms with van der Waals surface area (Å²) in [5, 5.41) is 12.5. The van der Waals surface area contributed by atoms with E-state index in [1.165, 1.54) is 49.4 Å². The van der Waals surface area contributed by atoms with Crippen LogP contribution in [0.25, 0.3) is 0 Å². The van der Waals surface area contributed by atoms with Gasteiger partial charge in [0.05, 0.1) is 29.8 Å². The van der Waals surface area contributed by atoms with Gasteiger partial charge in [-0.2, -0.15) is 13.2 Å². The molecule has 5 heterocycles. The Morgan fingerprint density at radius 3 is 2.39 bits per heavy atom. The van der Waals surface area contributed by atoms with Crippen molar-refractivity contribution in [2.75, 3.05) is 29.5 Å². The van der Waals surface area contributed by atoms with Crippen LogP contribution in [0.15, 0.2) is 66.7 Å². The quantitative estimate of drug-likeness (QED) is 0.0733. The number of carbonyl (C=O) groups is 7. The highest BCUT2D eigenvalue weighted by Gasteiger charge is 2.45. The van der Waals surface area contributed by atoms with Crippen LogP contribution in [0, 0.1) is 24.6 Å². The third kappa shape index (κ3) is 8.90. The van der Waals surface area contributed by atoms with E-state index in [0.29, 0.717) is 6.07 Å². The average Bonchev–Trinajstić information content (AvgIpc) is 3.73. The van der Waals surface area contributed by atoms with E-state index in [9.17, 15) is 51.1 Å². The number of halogens is 4. The van der Waals surface area contributed by atoms with Crippen LogP contribution in [0.4, 0.5) is 33.9 Å². The van der Waals surface area contributed by atoms with Crippen molar-refractivity contribution in [1.82, 2.24) is 30.7 Å². The summed E-state index contributed by atoms with van der Waals surface area (Å²) in [6.45, 7) is 0.788.